The van der Waals surface area contributed by atoms with Crippen LogP contribution < -0.4 is 5.32 Å². The number of ether oxygens (including phenoxy) is 2. The Morgan fingerprint density at radius 1 is 0.882 bits per heavy atom. The Kier molecular flexibility index (Phi) is 12.4. The van der Waals surface area contributed by atoms with E-state index in [2.05, 4.69) is 58.8 Å². The van der Waals surface area contributed by atoms with Crippen molar-refractivity contribution in [3.8, 4) is 0 Å². The summed E-state index contributed by atoms with van der Waals surface area (Å²) < 4.78 is 11.8. The molecule has 368 valence electrons. The molecular formula is C58H79N3O7. The van der Waals surface area contributed by atoms with Crippen LogP contribution in [0.3, 0.4) is 0 Å². The molecule has 6 aliphatic carbocycles. The number of pyridine rings is 1. The molecule has 1 N–H and O–H groups in total. The molecule has 0 unspecified atom stereocenters. The van der Waals surface area contributed by atoms with Crippen LogP contribution in [0.2, 0.25) is 0 Å². The normalized spacial score (nSPS) is 35.2. The van der Waals surface area contributed by atoms with Crippen molar-refractivity contribution in [2.75, 3.05) is 0 Å². The average Bonchev–Trinajstić information content (AvgIpc) is 3.81. The lowest BCUT2D eigenvalue weighted by molar-refractivity contribution is -0.236. The van der Waals surface area contributed by atoms with Gasteiger partial charge in [0.2, 0.25) is 5.91 Å². The summed E-state index contributed by atoms with van der Waals surface area (Å²) in [7, 11) is 0. The Hall–Kier alpha value is -4.47. The topological polar surface area (TPSA) is 141 Å². The molecule has 7 aliphatic rings. The highest BCUT2D eigenvalue weighted by molar-refractivity contribution is 6.08. The fourth-order valence-electron chi connectivity index (χ4n) is 15.9. The van der Waals surface area contributed by atoms with Crippen LogP contribution in [0.15, 0.2) is 52.7 Å². The lowest BCUT2D eigenvalue weighted by atomic mass is 9.33. The molecule has 1 amide bonds. The second kappa shape index (κ2) is 16.9. The number of aliphatic imine (C=N–C) groups is 1. The number of hydrogen-bond acceptors (Lipinski definition) is 9. The Balaban J connectivity index is 0.00000625. The lowest BCUT2D eigenvalue weighted by Gasteiger charge is -2.72. The minimum absolute atomic E-state index is 0. The van der Waals surface area contributed by atoms with Gasteiger partial charge in [-0.2, -0.15) is 0 Å². The number of amides is 1. The summed E-state index contributed by atoms with van der Waals surface area (Å²) in [5.41, 5.74) is 4.78. The molecule has 5 saturated carbocycles. The van der Waals surface area contributed by atoms with Crippen molar-refractivity contribution in [3.05, 3.63) is 70.1 Å². The maximum Gasteiger partial charge on any atom is 0.310 e. The molecule has 1 aromatic heterocycles. The lowest BCUT2D eigenvalue weighted by Crippen LogP contribution is -2.67. The van der Waals surface area contributed by atoms with Gasteiger partial charge in [0.1, 0.15) is 12.2 Å². The maximum absolute atomic E-state index is 14.8. The SMILES string of the molecule is C.Cc1ccc(C2=Nc3cc(C(=O)CC(C)(C)C(=O)N[C@@]45CC[C@]6(C)[C@H](CC[C@@H]7[C@@]8(C)CC[C@H](OC(=O)[C@H]9C[C@@H](OC=O)C9(C)C)C(C)(C)[C@@H]8CC[C@]76C)C4=C(C(C)C)C(=O)C5)ccc3C2)cn1. The molecule has 68 heavy (non-hydrogen) atoms. The first-order valence-corrected chi connectivity index (χ1v) is 25.4. The van der Waals surface area contributed by atoms with Gasteiger partial charge in [-0.1, -0.05) is 95.7 Å². The Bertz CT molecular complexity index is 2480. The molecule has 1 aromatic carbocycles. The van der Waals surface area contributed by atoms with Crippen molar-refractivity contribution in [2.24, 2.45) is 67.1 Å². The molecule has 0 saturated heterocycles. The van der Waals surface area contributed by atoms with Crippen molar-refractivity contribution in [1.82, 2.24) is 10.3 Å². The molecule has 10 heteroatoms. The van der Waals surface area contributed by atoms with Gasteiger partial charge in [0.15, 0.2) is 11.6 Å². The summed E-state index contributed by atoms with van der Waals surface area (Å²) in [6, 6.07) is 9.71. The van der Waals surface area contributed by atoms with E-state index in [1.54, 1.807) is 0 Å². The van der Waals surface area contributed by atoms with Crippen molar-refractivity contribution >= 4 is 41.3 Å². The number of carbonyl (C=O) groups excluding carboxylic acids is 5. The van der Waals surface area contributed by atoms with E-state index < -0.39 is 16.4 Å². The van der Waals surface area contributed by atoms with E-state index in [1.165, 1.54) is 5.57 Å². The van der Waals surface area contributed by atoms with E-state index in [1.807, 2.05) is 71.1 Å². The van der Waals surface area contributed by atoms with Gasteiger partial charge in [0.25, 0.3) is 6.47 Å². The number of esters is 1. The standard InChI is InChI=1S/C57H75N3O7.CH4/c1-32(2)47-42(63)29-57(60-50(65)51(4,5)28-41(62)35-16-15-34-25-40(59-39(34)26-35)36-14-13-33(3)58-30-36)24-23-55(11)37(48(47)57)17-18-44-54(10)21-20-45(53(8,9)43(54)19-22-56(44,55)12)67-49(64)38-27-46(66-31-61)52(38,6)7;/h13-16,26,30-32,37-38,43-46H,17-25,27-29H2,1-12H3,(H,60,65);1H4/t37-,38-,43+,44-,45+,46-,54+,55-,56-,57-;/m1./s1. The van der Waals surface area contributed by atoms with Crippen molar-refractivity contribution < 1.29 is 33.4 Å². The number of fused-ring (bicyclic) bond motifs is 8. The van der Waals surface area contributed by atoms with Crippen molar-refractivity contribution in [1.29, 1.82) is 0 Å². The summed E-state index contributed by atoms with van der Waals surface area (Å²) in [6.45, 7) is 26.6. The number of hydrogen-bond donors (Lipinski definition) is 1. The average molecular weight is 930 g/mol. The van der Waals surface area contributed by atoms with Crippen molar-refractivity contribution in [3.63, 3.8) is 0 Å². The molecule has 5 fully saturated rings. The van der Waals surface area contributed by atoms with Crippen LogP contribution in [-0.2, 0) is 35.1 Å². The van der Waals surface area contributed by atoms with E-state index in [0.717, 1.165) is 78.7 Å². The zero-order chi connectivity index (χ0) is 48.4. The van der Waals surface area contributed by atoms with E-state index in [-0.39, 0.29) is 95.3 Å². The quantitative estimate of drug-likeness (QED) is 0.133. The zero-order valence-corrected chi connectivity index (χ0v) is 42.3. The number of aromatic nitrogens is 1. The Morgan fingerprint density at radius 3 is 2.28 bits per heavy atom. The minimum atomic E-state index is -1.03. The number of allylic oxidation sites excluding steroid dienone is 1. The van der Waals surface area contributed by atoms with Gasteiger partial charge in [0, 0.05) is 53.1 Å². The predicted molar refractivity (Wildman–Crippen MR) is 265 cm³/mol. The summed E-state index contributed by atoms with van der Waals surface area (Å²) >= 11 is 0. The summed E-state index contributed by atoms with van der Waals surface area (Å²) in [4.78, 5) is 77.4. The largest absolute Gasteiger partial charge is 0.464 e. The maximum atomic E-state index is 14.8. The van der Waals surface area contributed by atoms with Crippen LogP contribution >= 0.6 is 0 Å². The molecule has 10 nitrogen and oxygen atoms in total. The van der Waals surface area contributed by atoms with E-state index in [4.69, 9.17) is 14.5 Å². The third-order valence-corrected chi connectivity index (χ3v) is 20.1. The van der Waals surface area contributed by atoms with Crippen LogP contribution in [-0.4, -0.2) is 58.4 Å². The molecule has 1 aliphatic heterocycles. The number of benzene rings is 1. The van der Waals surface area contributed by atoms with Crippen LogP contribution in [0.4, 0.5) is 5.69 Å². The second-order valence-electron chi connectivity index (χ2n) is 25.1. The highest BCUT2D eigenvalue weighted by Crippen LogP contribution is 2.76. The van der Waals surface area contributed by atoms with Crippen LogP contribution in [0, 0.1) is 69.0 Å². The van der Waals surface area contributed by atoms with Gasteiger partial charge >= 0.3 is 5.97 Å². The first-order valence-electron chi connectivity index (χ1n) is 25.4. The number of rotatable bonds is 11. The molecule has 2 aromatic rings. The highest BCUT2D eigenvalue weighted by atomic mass is 16.6. The van der Waals surface area contributed by atoms with Crippen molar-refractivity contribution in [2.45, 2.75) is 185 Å². The van der Waals surface area contributed by atoms with Crippen LogP contribution in [0.1, 0.15) is 181 Å². The molecule has 0 bridgehead atoms. The number of nitrogens with zero attached hydrogens (tertiary/aromatic N) is 2. The molecular weight excluding hydrogens is 851 g/mol. The van der Waals surface area contributed by atoms with Gasteiger partial charge in [0.05, 0.1) is 28.3 Å². The monoisotopic (exact) mass is 930 g/mol. The second-order valence-corrected chi connectivity index (χ2v) is 25.1. The van der Waals surface area contributed by atoms with Gasteiger partial charge in [-0.3, -0.25) is 33.9 Å². The Morgan fingerprint density at radius 2 is 1.62 bits per heavy atom. The Labute approximate surface area is 406 Å². The first-order chi connectivity index (χ1) is 31.3. The third kappa shape index (κ3) is 7.49. The smallest absolute Gasteiger partial charge is 0.310 e. The van der Waals surface area contributed by atoms with Gasteiger partial charge in [-0.15, -0.1) is 0 Å². The third-order valence-electron chi connectivity index (χ3n) is 20.1. The molecule has 2 heterocycles. The fourth-order valence-corrected chi connectivity index (χ4v) is 15.9. The summed E-state index contributed by atoms with van der Waals surface area (Å²) in [5, 5.41) is 3.56. The van der Waals surface area contributed by atoms with E-state index >= 15 is 0 Å². The highest BCUT2D eigenvalue weighted by Gasteiger charge is 2.71. The molecule has 0 radical (unpaired) electrons. The van der Waals surface area contributed by atoms with E-state index in [9.17, 15) is 24.0 Å². The minimum Gasteiger partial charge on any atom is -0.464 e. The predicted octanol–water partition coefficient (Wildman–Crippen LogP) is 11.7. The van der Waals surface area contributed by atoms with Gasteiger partial charge in [-0.05, 0) is 140 Å². The van der Waals surface area contributed by atoms with Gasteiger partial charge in [-0.25, -0.2) is 0 Å². The van der Waals surface area contributed by atoms with Crippen LogP contribution in [0.25, 0.3) is 0 Å². The number of carbonyl (C=O) groups is 5. The van der Waals surface area contributed by atoms with E-state index in [0.29, 0.717) is 43.1 Å². The molecule has 9 rings (SSSR count). The number of ketones is 2. The number of Topliss-reactive ketones (excluding diaryl/α,β-unsaturated/α-hetero) is 2. The molecule has 10 atom stereocenters. The fraction of sp³-hybridized carbons (Fsp3) is 0.672. The number of aryl methyl sites for hydroxylation is 1. The van der Waals surface area contributed by atoms with Crippen LogP contribution in [0.5, 0.6) is 0 Å². The summed E-state index contributed by atoms with van der Waals surface area (Å²) in [6.07, 6.45) is 10.4. The summed E-state index contributed by atoms with van der Waals surface area (Å²) in [5.74, 6) is 0.389. The first kappa shape index (κ1) is 49.9. The zero-order valence-electron chi connectivity index (χ0n) is 42.3. The number of nitrogens with one attached hydrogen (secondary N) is 1. The molecule has 0 spiro atoms. The van der Waals surface area contributed by atoms with Gasteiger partial charge < -0.3 is 14.8 Å².